The number of ether oxygens (including phenoxy) is 2. The van der Waals surface area contributed by atoms with E-state index in [0.717, 1.165) is 30.8 Å². The molecule has 0 aromatic carbocycles. The van der Waals surface area contributed by atoms with E-state index in [2.05, 4.69) is 21.4 Å². The molecule has 0 saturated carbocycles. The first kappa shape index (κ1) is 18.6. The number of hydrogen-bond donors (Lipinski definition) is 0. The predicted molar refractivity (Wildman–Crippen MR) is 98.9 cm³/mol. The fourth-order valence-electron chi connectivity index (χ4n) is 3.34. The van der Waals surface area contributed by atoms with Crippen molar-refractivity contribution < 1.29 is 14.3 Å². The molecule has 7 nitrogen and oxygen atoms in total. The molecule has 2 atom stereocenters. The number of amides is 1. The molecule has 7 heteroatoms. The minimum Gasteiger partial charge on any atom is -0.472 e. The monoisotopic (exact) mass is 360 g/mol. The Balaban J connectivity index is 1.54. The van der Waals surface area contributed by atoms with Crippen LogP contribution in [0.5, 0.6) is 5.88 Å². The highest BCUT2D eigenvalue weighted by Crippen LogP contribution is 2.26. The fourth-order valence-corrected chi connectivity index (χ4v) is 3.34. The van der Waals surface area contributed by atoms with Crippen LogP contribution in [0.4, 0.5) is 4.79 Å². The summed E-state index contributed by atoms with van der Waals surface area (Å²) in [5.41, 5.74) is 1.18. The number of carbonyl (C=O) groups excluding carboxylic acids is 1. The van der Waals surface area contributed by atoms with Crippen LogP contribution in [0.1, 0.15) is 39.8 Å². The Bertz CT molecular complexity index is 668. The number of carbonyl (C=O) groups is 1. The second-order valence-electron chi connectivity index (χ2n) is 8.07. The Morgan fingerprint density at radius 2 is 2.00 bits per heavy atom. The van der Waals surface area contributed by atoms with Gasteiger partial charge < -0.3 is 14.4 Å². The van der Waals surface area contributed by atoms with Gasteiger partial charge in [0.15, 0.2) is 0 Å². The van der Waals surface area contributed by atoms with Crippen molar-refractivity contribution in [2.45, 2.75) is 51.9 Å². The minimum absolute atomic E-state index is 0.0589. The van der Waals surface area contributed by atoms with Gasteiger partial charge in [0.25, 0.3) is 0 Å². The molecular formula is C19H28N4O3. The molecule has 1 aromatic heterocycles. The number of hydrogen-bond acceptors (Lipinski definition) is 6. The van der Waals surface area contributed by atoms with Crippen LogP contribution in [0.3, 0.4) is 0 Å². The highest BCUT2D eigenvalue weighted by molar-refractivity contribution is 5.68. The largest absolute Gasteiger partial charge is 0.472 e. The van der Waals surface area contributed by atoms with Gasteiger partial charge in [-0.2, -0.15) is 0 Å². The third-order valence-corrected chi connectivity index (χ3v) is 4.58. The zero-order chi connectivity index (χ0) is 18.9. The van der Waals surface area contributed by atoms with Gasteiger partial charge >= 0.3 is 6.09 Å². The third-order valence-electron chi connectivity index (χ3n) is 4.58. The van der Waals surface area contributed by atoms with Crippen LogP contribution in [0.25, 0.3) is 5.57 Å². The molecule has 2 saturated heterocycles. The number of allylic oxidation sites excluding steroid dienone is 1. The molecule has 0 unspecified atom stereocenters. The summed E-state index contributed by atoms with van der Waals surface area (Å²) in [7, 11) is 0. The van der Waals surface area contributed by atoms with E-state index in [0.29, 0.717) is 25.0 Å². The van der Waals surface area contributed by atoms with E-state index in [4.69, 9.17) is 9.47 Å². The van der Waals surface area contributed by atoms with Crippen molar-refractivity contribution in [3.63, 3.8) is 0 Å². The van der Waals surface area contributed by atoms with Gasteiger partial charge in [-0.1, -0.05) is 6.58 Å². The lowest BCUT2D eigenvalue weighted by Gasteiger charge is -2.37. The third kappa shape index (κ3) is 4.52. The van der Waals surface area contributed by atoms with Gasteiger partial charge in [0, 0.05) is 38.6 Å². The maximum atomic E-state index is 12.3. The highest BCUT2D eigenvalue weighted by Gasteiger charge is 2.39. The number of nitrogens with zero attached hydrogens (tertiary/aromatic N) is 4. The van der Waals surface area contributed by atoms with Crippen LogP contribution in [-0.4, -0.2) is 69.8 Å². The van der Waals surface area contributed by atoms with Crippen LogP contribution in [0, 0.1) is 0 Å². The maximum absolute atomic E-state index is 12.3. The van der Waals surface area contributed by atoms with Crippen LogP contribution >= 0.6 is 0 Å². The lowest BCUT2D eigenvalue weighted by Crippen LogP contribution is -2.53. The first-order valence-corrected chi connectivity index (χ1v) is 9.08. The molecule has 0 spiro atoms. The van der Waals surface area contributed by atoms with Gasteiger partial charge in [0.1, 0.15) is 11.7 Å². The Kier molecular flexibility index (Phi) is 5.18. The van der Waals surface area contributed by atoms with Gasteiger partial charge in [-0.3, -0.25) is 4.90 Å². The van der Waals surface area contributed by atoms with E-state index in [-0.39, 0.29) is 12.2 Å². The number of aromatic nitrogens is 2. The molecule has 2 aliphatic heterocycles. The molecule has 0 aliphatic carbocycles. The second kappa shape index (κ2) is 7.23. The zero-order valence-electron chi connectivity index (χ0n) is 16.1. The SMILES string of the molecule is C=C(C)c1cnc(O[C@@H]2C[C@H]3CN(C(=O)OC(C)(C)C)CCN3C2)cn1. The van der Waals surface area contributed by atoms with E-state index < -0.39 is 5.60 Å². The molecule has 2 aliphatic rings. The Morgan fingerprint density at radius 1 is 1.23 bits per heavy atom. The number of fused-ring (bicyclic) bond motifs is 1. The summed E-state index contributed by atoms with van der Waals surface area (Å²) in [5, 5.41) is 0. The molecule has 0 N–H and O–H groups in total. The average molecular weight is 360 g/mol. The average Bonchev–Trinajstić information content (AvgIpc) is 2.95. The number of rotatable bonds is 3. The smallest absolute Gasteiger partial charge is 0.410 e. The molecule has 1 amide bonds. The van der Waals surface area contributed by atoms with Crippen LogP contribution in [-0.2, 0) is 4.74 Å². The predicted octanol–water partition coefficient (Wildman–Crippen LogP) is 2.58. The normalized spacial score (nSPS) is 23.5. The summed E-state index contributed by atoms with van der Waals surface area (Å²) >= 11 is 0. The maximum Gasteiger partial charge on any atom is 0.410 e. The summed E-state index contributed by atoms with van der Waals surface area (Å²) in [6, 6.07) is 0.295. The first-order valence-electron chi connectivity index (χ1n) is 9.08. The van der Waals surface area contributed by atoms with E-state index >= 15 is 0 Å². The topological polar surface area (TPSA) is 67.8 Å². The van der Waals surface area contributed by atoms with Gasteiger partial charge in [-0.05, 0) is 33.3 Å². The number of piperazine rings is 1. The van der Waals surface area contributed by atoms with Gasteiger partial charge in [-0.25, -0.2) is 14.8 Å². The molecular weight excluding hydrogens is 332 g/mol. The van der Waals surface area contributed by atoms with E-state index in [1.807, 2.05) is 27.7 Å². The second-order valence-corrected chi connectivity index (χ2v) is 8.07. The summed E-state index contributed by atoms with van der Waals surface area (Å²) in [6.45, 7) is 14.5. The van der Waals surface area contributed by atoms with Crippen molar-refractivity contribution in [3.8, 4) is 5.88 Å². The summed E-state index contributed by atoms with van der Waals surface area (Å²) in [4.78, 5) is 25.1. The molecule has 3 rings (SSSR count). The van der Waals surface area contributed by atoms with Gasteiger partial charge in [0.05, 0.1) is 18.1 Å². The zero-order valence-corrected chi connectivity index (χ0v) is 16.1. The summed E-state index contributed by atoms with van der Waals surface area (Å²) in [5.74, 6) is 0.531. The molecule has 142 valence electrons. The van der Waals surface area contributed by atoms with Crippen molar-refractivity contribution in [1.82, 2.24) is 19.8 Å². The van der Waals surface area contributed by atoms with Crippen molar-refractivity contribution in [1.29, 1.82) is 0 Å². The molecule has 2 fully saturated rings. The molecule has 3 heterocycles. The summed E-state index contributed by atoms with van der Waals surface area (Å²) < 4.78 is 11.5. The van der Waals surface area contributed by atoms with Crippen molar-refractivity contribution >= 4 is 11.7 Å². The Morgan fingerprint density at radius 3 is 2.62 bits per heavy atom. The van der Waals surface area contributed by atoms with Crippen LogP contribution in [0.15, 0.2) is 19.0 Å². The molecule has 0 radical (unpaired) electrons. The molecule has 26 heavy (non-hydrogen) atoms. The lowest BCUT2D eigenvalue weighted by molar-refractivity contribution is 0.00921. The van der Waals surface area contributed by atoms with Gasteiger partial charge in [0.2, 0.25) is 5.88 Å². The summed E-state index contributed by atoms with van der Waals surface area (Å²) in [6.07, 6.45) is 4.02. The first-order chi connectivity index (χ1) is 12.2. The molecule has 1 aromatic rings. The fraction of sp³-hybridized carbons (Fsp3) is 0.632. The van der Waals surface area contributed by atoms with Gasteiger partial charge in [-0.15, -0.1) is 0 Å². The van der Waals surface area contributed by atoms with E-state index in [1.165, 1.54) is 0 Å². The quantitative estimate of drug-likeness (QED) is 0.825. The lowest BCUT2D eigenvalue weighted by atomic mass is 10.1. The van der Waals surface area contributed by atoms with E-state index in [9.17, 15) is 4.79 Å². The van der Waals surface area contributed by atoms with Crippen LogP contribution < -0.4 is 4.74 Å². The van der Waals surface area contributed by atoms with Crippen molar-refractivity contribution in [2.24, 2.45) is 0 Å². The molecule has 0 bridgehead atoms. The minimum atomic E-state index is -0.468. The highest BCUT2D eigenvalue weighted by atomic mass is 16.6. The Hall–Kier alpha value is -2.15. The standard InChI is InChI=1S/C19H28N4O3/c1-13(2)16-9-21-17(10-20-16)25-15-8-14-11-23(7-6-22(14)12-15)18(24)26-19(3,4)5/h9-10,14-15H,1,6-8,11-12H2,2-5H3/t14-,15+/m0/s1. The van der Waals surface area contributed by atoms with Crippen molar-refractivity contribution in [2.75, 3.05) is 26.2 Å². The van der Waals surface area contributed by atoms with Crippen molar-refractivity contribution in [3.05, 3.63) is 24.7 Å². The van der Waals surface area contributed by atoms with E-state index in [1.54, 1.807) is 17.3 Å². The Labute approximate surface area is 155 Å². The van der Waals surface area contributed by atoms with Crippen LogP contribution in [0.2, 0.25) is 0 Å².